The Labute approximate surface area is 143 Å². The number of ether oxygens (including phenoxy) is 1. The lowest BCUT2D eigenvalue weighted by Gasteiger charge is -2.13. The summed E-state index contributed by atoms with van der Waals surface area (Å²) >= 11 is 0. The van der Waals surface area contributed by atoms with E-state index in [0.29, 0.717) is 17.4 Å². The van der Waals surface area contributed by atoms with Crippen molar-refractivity contribution in [3.63, 3.8) is 0 Å². The molecule has 2 rings (SSSR count). The van der Waals surface area contributed by atoms with Crippen molar-refractivity contribution in [3.8, 4) is 11.5 Å². The van der Waals surface area contributed by atoms with Crippen LogP contribution in [0.4, 0.5) is 5.69 Å². The van der Waals surface area contributed by atoms with Crippen molar-refractivity contribution < 1.29 is 14.6 Å². The molecular formula is C20H25NO3. The zero-order valence-corrected chi connectivity index (χ0v) is 14.5. The van der Waals surface area contributed by atoms with Crippen LogP contribution in [0.1, 0.15) is 44.2 Å². The van der Waals surface area contributed by atoms with E-state index in [1.165, 1.54) is 5.56 Å². The highest BCUT2D eigenvalue weighted by Gasteiger charge is 2.10. The van der Waals surface area contributed by atoms with Crippen LogP contribution in [-0.4, -0.2) is 17.6 Å². The van der Waals surface area contributed by atoms with E-state index in [-0.39, 0.29) is 18.3 Å². The Bertz CT molecular complexity index is 680. The fourth-order valence-corrected chi connectivity index (χ4v) is 2.35. The van der Waals surface area contributed by atoms with Crippen molar-refractivity contribution in [1.29, 1.82) is 0 Å². The van der Waals surface area contributed by atoms with E-state index in [0.717, 1.165) is 18.4 Å². The maximum atomic E-state index is 12.0. The van der Waals surface area contributed by atoms with Crippen LogP contribution >= 0.6 is 0 Å². The van der Waals surface area contributed by atoms with Crippen LogP contribution in [-0.2, 0) is 11.2 Å². The molecule has 2 aromatic carbocycles. The van der Waals surface area contributed by atoms with Crippen molar-refractivity contribution in [2.45, 2.75) is 39.5 Å². The van der Waals surface area contributed by atoms with E-state index >= 15 is 0 Å². The summed E-state index contributed by atoms with van der Waals surface area (Å²) in [6.07, 6.45) is 1.96. The van der Waals surface area contributed by atoms with Gasteiger partial charge in [0.2, 0.25) is 0 Å². The highest BCUT2D eigenvalue weighted by molar-refractivity contribution is 5.93. The second-order valence-electron chi connectivity index (χ2n) is 5.92. The van der Waals surface area contributed by atoms with Crippen LogP contribution in [0, 0.1) is 0 Å². The summed E-state index contributed by atoms with van der Waals surface area (Å²) in [4.78, 5) is 12.0. The number of rotatable bonds is 7. The first-order valence-corrected chi connectivity index (χ1v) is 8.38. The van der Waals surface area contributed by atoms with E-state index in [1.54, 1.807) is 12.1 Å². The number of benzene rings is 2. The van der Waals surface area contributed by atoms with E-state index in [2.05, 4.69) is 26.1 Å². The van der Waals surface area contributed by atoms with Gasteiger partial charge in [-0.15, -0.1) is 0 Å². The second-order valence-corrected chi connectivity index (χ2v) is 5.92. The van der Waals surface area contributed by atoms with Crippen molar-refractivity contribution in [1.82, 2.24) is 0 Å². The molecular weight excluding hydrogens is 302 g/mol. The number of carbonyl (C=O) groups is 1. The highest BCUT2D eigenvalue weighted by atomic mass is 16.5. The van der Waals surface area contributed by atoms with Gasteiger partial charge in [0.15, 0.2) is 6.61 Å². The first-order chi connectivity index (χ1) is 11.5. The molecule has 1 amide bonds. The molecule has 0 aliphatic carbocycles. The zero-order valence-electron chi connectivity index (χ0n) is 14.5. The van der Waals surface area contributed by atoms with E-state index < -0.39 is 0 Å². The van der Waals surface area contributed by atoms with Crippen LogP contribution in [0.25, 0.3) is 0 Å². The number of nitrogens with one attached hydrogen (secondary N) is 1. The van der Waals surface area contributed by atoms with Gasteiger partial charge in [0.1, 0.15) is 11.5 Å². The quantitative estimate of drug-likeness (QED) is 0.737. The molecule has 0 spiro atoms. The molecule has 0 unspecified atom stereocenters. The third-order valence-corrected chi connectivity index (χ3v) is 4.18. The molecule has 0 saturated carbocycles. The summed E-state index contributed by atoms with van der Waals surface area (Å²) in [7, 11) is 0. The summed E-state index contributed by atoms with van der Waals surface area (Å²) in [5.41, 5.74) is 2.68. The number of phenolic OH excluding ortho intramolecular Hbond substituents is 1. The molecule has 4 nitrogen and oxygen atoms in total. The first kappa shape index (κ1) is 17.9. The molecule has 2 aromatic rings. The molecule has 0 saturated heterocycles. The number of hydrogen-bond acceptors (Lipinski definition) is 3. The molecule has 4 heteroatoms. The summed E-state index contributed by atoms with van der Waals surface area (Å²) in [6.45, 7) is 6.19. The lowest BCUT2D eigenvalue weighted by molar-refractivity contribution is -0.118. The van der Waals surface area contributed by atoms with Gasteiger partial charge in [-0.05, 0) is 54.2 Å². The van der Waals surface area contributed by atoms with Crippen LogP contribution < -0.4 is 10.1 Å². The minimum Gasteiger partial charge on any atom is -0.506 e. The number of phenols is 1. The van der Waals surface area contributed by atoms with Gasteiger partial charge in [-0.1, -0.05) is 39.0 Å². The molecule has 24 heavy (non-hydrogen) atoms. The smallest absolute Gasteiger partial charge is 0.262 e. The average molecular weight is 327 g/mol. The van der Waals surface area contributed by atoms with Gasteiger partial charge >= 0.3 is 0 Å². The van der Waals surface area contributed by atoms with Crippen LogP contribution in [0.2, 0.25) is 0 Å². The van der Waals surface area contributed by atoms with Gasteiger partial charge in [-0.25, -0.2) is 0 Å². The minimum atomic E-state index is -0.304. The predicted molar refractivity (Wildman–Crippen MR) is 96.8 cm³/mol. The van der Waals surface area contributed by atoms with Crippen LogP contribution in [0.5, 0.6) is 11.5 Å². The fourth-order valence-electron chi connectivity index (χ4n) is 2.35. The normalized spacial score (nSPS) is 11.8. The summed E-state index contributed by atoms with van der Waals surface area (Å²) < 4.78 is 5.47. The van der Waals surface area contributed by atoms with Crippen molar-refractivity contribution in [2.24, 2.45) is 0 Å². The molecule has 0 bridgehead atoms. The molecule has 2 N–H and O–H groups in total. The molecule has 0 fully saturated rings. The third-order valence-electron chi connectivity index (χ3n) is 4.18. The Kier molecular flexibility index (Phi) is 6.24. The van der Waals surface area contributed by atoms with Crippen molar-refractivity contribution in [2.75, 3.05) is 11.9 Å². The lowest BCUT2D eigenvalue weighted by atomic mass is 9.98. The zero-order chi connectivity index (χ0) is 17.5. The molecule has 128 valence electrons. The Morgan fingerprint density at radius 2 is 1.88 bits per heavy atom. The minimum absolute atomic E-state index is 0.0773. The molecule has 0 radical (unpaired) electrons. The molecule has 0 aromatic heterocycles. The van der Waals surface area contributed by atoms with Gasteiger partial charge in [0.05, 0.1) is 5.69 Å². The molecule has 0 aliphatic heterocycles. The Morgan fingerprint density at radius 3 is 2.46 bits per heavy atom. The van der Waals surface area contributed by atoms with Gasteiger partial charge < -0.3 is 15.2 Å². The molecule has 1 atom stereocenters. The average Bonchev–Trinajstić information content (AvgIpc) is 2.61. The highest BCUT2D eigenvalue weighted by Crippen LogP contribution is 2.29. The number of hydrogen-bond donors (Lipinski definition) is 2. The second kappa shape index (κ2) is 8.39. The van der Waals surface area contributed by atoms with Crippen LogP contribution in [0.3, 0.4) is 0 Å². The first-order valence-electron chi connectivity index (χ1n) is 8.38. The molecule has 0 aliphatic rings. The van der Waals surface area contributed by atoms with Gasteiger partial charge in [-0.2, -0.15) is 0 Å². The fraction of sp³-hybridized carbons (Fsp3) is 0.350. The Morgan fingerprint density at radius 1 is 1.17 bits per heavy atom. The number of amides is 1. The lowest BCUT2D eigenvalue weighted by Crippen LogP contribution is -2.20. The number of aromatic hydroxyl groups is 1. The topological polar surface area (TPSA) is 58.6 Å². The standard InChI is InChI=1S/C20H25NO3/c1-4-14(3)16-8-11-18(19(22)12-16)21-20(23)13-24-17-9-6-15(5-2)7-10-17/h6-12,14,22H,4-5,13H2,1-3H3,(H,21,23)/t14-/m0/s1. The van der Waals surface area contributed by atoms with Crippen molar-refractivity contribution >= 4 is 11.6 Å². The predicted octanol–water partition coefficient (Wildman–Crippen LogP) is 4.49. The third kappa shape index (κ3) is 4.75. The van der Waals surface area contributed by atoms with Gasteiger partial charge in [-0.3, -0.25) is 4.79 Å². The monoisotopic (exact) mass is 327 g/mol. The van der Waals surface area contributed by atoms with E-state index in [4.69, 9.17) is 4.74 Å². The number of anilines is 1. The number of aryl methyl sites for hydroxylation is 1. The molecule has 0 heterocycles. The van der Waals surface area contributed by atoms with Crippen LogP contribution in [0.15, 0.2) is 42.5 Å². The summed E-state index contributed by atoms with van der Waals surface area (Å²) in [5.74, 6) is 0.795. The largest absolute Gasteiger partial charge is 0.506 e. The van der Waals surface area contributed by atoms with Gasteiger partial charge in [0, 0.05) is 0 Å². The maximum Gasteiger partial charge on any atom is 0.262 e. The summed E-state index contributed by atoms with van der Waals surface area (Å²) in [5, 5.41) is 12.7. The Balaban J connectivity index is 1.91. The SMILES string of the molecule is CCc1ccc(OCC(=O)Nc2ccc([C@@H](C)CC)cc2O)cc1. The number of carbonyl (C=O) groups excluding carboxylic acids is 1. The van der Waals surface area contributed by atoms with Crippen molar-refractivity contribution in [3.05, 3.63) is 53.6 Å². The Hall–Kier alpha value is -2.49. The van der Waals surface area contributed by atoms with E-state index in [9.17, 15) is 9.90 Å². The maximum absolute atomic E-state index is 12.0. The van der Waals surface area contributed by atoms with Gasteiger partial charge in [0.25, 0.3) is 5.91 Å². The van der Waals surface area contributed by atoms with E-state index in [1.807, 2.05) is 30.3 Å². The summed E-state index contributed by atoms with van der Waals surface area (Å²) in [6, 6.07) is 13.0.